The van der Waals surface area contributed by atoms with Crippen molar-refractivity contribution in [3.63, 3.8) is 0 Å². The van der Waals surface area contributed by atoms with E-state index in [9.17, 15) is 4.79 Å². The van der Waals surface area contributed by atoms with Crippen molar-refractivity contribution in [2.75, 3.05) is 31.9 Å². The molecule has 0 unspecified atom stereocenters. The summed E-state index contributed by atoms with van der Waals surface area (Å²) in [7, 11) is 0. The Balaban J connectivity index is 1.27. The van der Waals surface area contributed by atoms with Crippen molar-refractivity contribution < 1.29 is 9.53 Å². The quantitative estimate of drug-likeness (QED) is 0.378. The average molecular weight is 464 g/mol. The molecule has 2 N–H and O–H groups in total. The maximum atomic E-state index is 13.3. The number of hydrogen-bond donors (Lipinski definition) is 1. The summed E-state index contributed by atoms with van der Waals surface area (Å²) >= 11 is 0. The zero-order valence-electron chi connectivity index (χ0n) is 19.6. The van der Waals surface area contributed by atoms with Gasteiger partial charge in [-0.05, 0) is 53.6 Å². The third-order valence-electron chi connectivity index (χ3n) is 6.39. The number of rotatable bonds is 6. The Morgan fingerprint density at radius 1 is 0.686 bits per heavy atom. The second-order valence-corrected chi connectivity index (χ2v) is 8.75. The van der Waals surface area contributed by atoms with Crippen molar-refractivity contribution in [1.29, 1.82) is 0 Å². The minimum Gasteiger partial charge on any atom is -0.457 e. The minimum absolute atomic E-state index is 0.0309. The molecule has 176 valence electrons. The van der Waals surface area contributed by atoms with Gasteiger partial charge in [-0.15, -0.1) is 0 Å². The van der Waals surface area contributed by atoms with Gasteiger partial charge in [-0.2, -0.15) is 0 Å². The SMILES string of the molecule is Nc1ccc(Oc2cccc(C(=O)N3CCN(C(c4ccccc4)c4ccccc4)CC3)c2)cc1. The molecule has 1 aliphatic rings. The van der Waals surface area contributed by atoms with E-state index in [-0.39, 0.29) is 11.9 Å². The molecule has 1 aliphatic heterocycles. The van der Waals surface area contributed by atoms with E-state index in [0.717, 1.165) is 13.1 Å². The number of nitrogens with zero attached hydrogens (tertiary/aromatic N) is 2. The Bertz CT molecular complexity index is 1210. The van der Waals surface area contributed by atoms with Crippen LogP contribution in [-0.2, 0) is 0 Å². The lowest BCUT2D eigenvalue weighted by Gasteiger charge is -2.39. The van der Waals surface area contributed by atoms with Crippen LogP contribution < -0.4 is 10.5 Å². The minimum atomic E-state index is 0.0309. The highest BCUT2D eigenvalue weighted by molar-refractivity contribution is 5.94. The highest BCUT2D eigenvalue weighted by Crippen LogP contribution is 2.30. The van der Waals surface area contributed by atoms with Crippen molar-refractivity contribution in [1.82, 2.24) is 9.80 Å². The topological polar surface area (TPSA) is 58.8 Å². The van der Waals surface area contributed by atoms with Gasteiger partial charge in [0, 0.05) is 37.4 Å². The lowest BCUT2D eigenvalue weighted by molar-refractivity contribution is 0.0597. The summed E-state index contributed by atoms with van der Waals surface area (Å²) in [5.74, 6) is 1.35. The predicted molar refractivity (Wildman–Crippen MR) is 140 cm³/mol. The van der Waals surface area contributed by atoms with Crippen LogP contribution >= 0.6 is 0 Å². The molecular formula is C30H29N3O2. The van der Waals surface area contributed by atoms with E-state index in [2.05, 4.69) is 53.4 Å². The molecule has 1 heterocycles. The number of carbonyl (C=O) groups is 1. The summed E-state index contributed by atoms with van der Waals surface area (Å²) in [6, 6.07) is 35.9. The Morgan fingerprint density at radius 3 is 1.89 bits per heavy atom. The van der Waals surface area contributed by atoms with Crippen molar-refractivity contribution in [3.05, 3.63) is 126 Å². The van der Waals surface area contributed by atoms with Gasteiger partial charge in [0.15, 0.2) is 0 Å². The first-order chi connectivity index (χ1) is 17.2. The number of anilines is 1. The summed E-state index contributed by atoms with van der Waals surface area (Å²) in [6.45, 7) is 2.97. The molecule has 0 spiro atoms. The molecule has 5 nitrogen and oxygen atoms in total. The highest BCUT2D eigenvalue weighted by atomic mass is 16.5. The number of carbonyl (C=O) groups excluding carboxylic acids is 1. The highest BCUT2D eigenvalue weighted by Gasteiger charge is 2.28. The molecule has 1 fully saturated rings. The van der Waals surface area contributed by atoms with E-state index < -0.39 is 0 Å². The van der Waals surface area contributed by atoms with Crippen LogP contribution in [0.1, 0.15) is 27.5 Å². The van der Waals surface area contributed by atoms with Crippen LogP contribution in [0.25, 0.3) is 0 Å². The molecular weight excluding hydrogens is 434 g/mol. The van der Waals surface area contributed by atoms with Crippen LogP contribution in [0.4, 0.5) is 5.69 Å². The smallest absolute Gasteiger partial charge is 0.254 e. The number of nitrogen functional groups attached to an aromatic ring is 1. The Kier molecular flexibility index (Phi) is 6.77. The van der Waals surface area contributed by atoms with Gasteiger partial charge in [0.1, 0.15) is 11.5 Å². The van der Waals surface area contributed by atoms with Crippen molar-refractivity contribution in [2.45, 2.75) is 6.04 Å². The van der Waals surface area contributed by atoms with E-state index in [0.29, 0.717) is 35.8 Å². The predicted octanol–water partition coefficient (Wildman–Crippen LogP) is 5.61. The first kappa shape index (κ1) is 22.7. The molecule has 0 bridgehead atoms. The fraction of sp³-hybridized carbons (Fsp3) is 0.167. The van der Waals surface area contributed by atoms with E-state index in [4.69, 9.17) is 10.5 Å². The summed E-state index contributed by atoms with van der Waals surface area (Å²) in [4.78, 5) is 17.7. The molecule has 0 radical (unpaired) electrons. The number of ether oxygens (including phenoxy) is 1. The summed E-state index contributed by atoms with van der Waals surface area (Å²) < 4.78 is 5.92. The molecule has 0 aliphatic carbocycles. The number of nitrogens with two attached hydrogens (primary N) is 1. The van der Waals surface area contributed by atoms with Gasteiger partial charge >= 0.3 is 0 Å². The van der Waals surface area contributed by atoms with Crippen LogP contribution in [0.3, 0.4) is 0 Å². The number of hydrogen-bond acceptors (Lipinski definition) is 4. The number of benzene rings is 4. The molecule has 1 saturated heterocycles. The summed E-state index contributed by atoms with van der Waals surface area (Å²) in [5, 5.41) is 0. The zero-order chi connectivity index (χ0) is 24.0. The molecule has 1 amide bonds. The van der Waals surface area contributed by atoms with E-state index in [1.54, 1.807) is 12.1 Å². The molecule has 35 heavy (non-hydrogen) atoms. The normalized spacial score (nSPS) is 14.1. The van der Waals surface area contributed by atoms with Gasteiger partial charge in [-0.25, -0.2) is 0 Å². The first-order valence-electron chi connectivity index (χ1n) is 11.9. The lowest BCUT2D eigenvalue weighted by Crippen LogP contribution is -2.49. The third kappa shape index (κ3) is 5.36. The van der Waals surface area contributed by atoms with Crippen LogP contribution in [0.5, 0.6) is 11.5 Å². The Hall–Kier alpha value is -4.09. The second kappa shape index (κ2) is 10.5. The summed E-state index contributed by atoms with van der Waals surface area (Å²) in [6.07, 6.45) is 0. The van der Waals surface area contributed by atoms with Crippen LogP contribution in [0.15, 0.2) is 109 Å². The van der Waals surface area contributed by atoms with E-state index >= 15 is 0 Å². The molecule has 5 heteroatoms. The third-order valence-corrected chi connectivity index (χ3v) is 6.39. The van der Waals surface area contributed by atoms with E-state index in [1.165, 1.54) is 11.1 Å². The molecule has 0 aromatic heterocycles. The monoisotopic (exact) mass is 463 g/mol. The average Bonchev–Trinajstić information content (AvgIpc) is 2.92. The maximum absolute atomic E-state index is 13.3. The van der Waals surface area contributed by atoms with Crippen LogP contribution in [0, 0.1) is 0 Å². The zero-order valence-corrected chi connectivity index (χ0v) is 19.6. The fourth-order valence-corrected chi connectivity index (χ4v) is 4.62. The van der Waals surface area contributed by atoms with Gasteiger partial charge in [0.2, 0.25) is 0 Å². The van der Waals surface area contributed by atoms with Crippen molar-refractivity contribution >= 4 is 11.6 Å². The first-order valence-corrected chi connectivity index (χ1v) is 11.9. The summed E-state index contributed by atoms with van der Waals surface area (Å²) in [5.41, 5.74) is 9.61. The van der Waals surface area contributed by atoms with Crippen molar-refractivity contribution in [3.8, 4) is 11.5 Å². The largest absolute Gasteiger partial charge is 0.457 e. The maximum Gasteiger partial charge on any atom is 0.254 e. The number of piperazine rings is 1. The van der Waals surface area contributed by atoms with Gasteiger partial charge in [0.05, 0.1) is 6.04 Å². The van der Waals surface area contributed by atoms with Gasteiger partial charge in [0.25, 0.3) is 5.91 Å². The van der Waals surface area contributed by atoms with Gasteiger partial charge in [-0.1, -0.05) is 66.7 Å². The van der Waals surface area contributed by atoms with Gasteiger partial charge < -0.3 is 15.4 Å². The Labute approximate surface area is 206 Å². The molecule has 4 aromatic rings. The fourth-order valence-electron chi connectivity index (χ4n) is 4.62. The van der Waals surface area contributed by atoms with E-state index in [1.807, 2.05) is 53.4 Å². The van der Waals surface area contributed by atoms with Crippen LogP contribution in [-0.4, -0.2) is 41.9 Å². The van der Waals surface area contributed by atoms with Crippen molar-refractivity contribution in [2.24, 2.45) is 0 Å². The second-order valence-electron chi connectivity index (χ2n) is 8.75. The number of amides is 1. The standard InChI is InChI=1S/C30H29N3O2/c31-26-14-16-27(17-15-26)35-28-13-7-12-25(22-28)30(34)33-20-18-32(19-21-33)29(23-8-3-1-4-9-23)24-10-5-2-6-11-24/h1-17,22,29H,18-21,31H2. The molecule has 0 atom stereocenters. The lowest BCUT2D eigenvalue weighted by atomic mass is 9.96. The molecule has 0 saturated carbocycles. The Morgan fingerprint density at radius 2 is 1.29 bits per heavy atom. The molecule has 4 aromatic carbocycles. The van der Waals surface area contributed by atoms with Crippen LogP contribution in [0.2, 0.25) is 0 Å². The van der Waals surface area contributed by atoms with Gasteiger partial charge in [-0.3, -0.25) is 9.69 Å². The molecule has 5 rings (SSSR count).